The molecule has 1 aliphatic carbocycles. The van der Waals surface area contributed by atoms with E-state index in [-0.39, 0.29) is 23.4 Å². The van der Waals surface area contributed by atoms with Gasteiger partial charge in [-0.05, 0) is 54.7 Å². The topological polar surface area (TPSA) is 92.5 Å². The van der Waals surface area contributed by atoms with Gasteiger partial charge in [0.25, 0.3) is 5.56 Å². The van der Waals surface area contributed by atoms with Gasteiger partial charge in [-0.1, -0.05) is 24.3 Å². The Morgan fingerprint density at radius 3 is 2.49 bits per heavy atom. The molecule has 0 amide bonds. The van der Waals surface area contributed by atoms with Crippen molar-refractivity contribution in [2.24, 2.45) is 0 Å². The first-order valence-electron chi connectivity index (χ1n) is 12.3. The quantitative estimate of drug-likeness (QED) is 0.472. The summed E-state index contributed by atoms with van der Waals surface area (Å²) in [5.74, 6) is 0.861. The van der Waals surface area contributed by atoms with Crippen LogP contribution in [-0.2, 0) is 0 Å². The lowest BCUT2D eigenvalue weighted by Gasteiger charge is -2.36. The van der Waals surface area contributed by atoms with Crippen molar-refractivity contribution >= 4 is 27.5 Å². The number of fused-ring (bicyclic) bond motifs is 4. The van der Waals surface area contributed by atoms with E-state index in [0.717, 1.165) is 60.8 Å². The summed E-state index contributed by atoms with van der Waals surface area (Å²) in [7, 11) is 1.56. The molecule has 1 saturated carbocycles. The van der Waals surface area contributed by atoms with Crippen LogP contribution in [0.5, 0.6) is 11.8 Å². The normalized spacial score (nSPS) is 21.7. The number of piperazine rings is 1. The van der Waals surface area contributed by atoms with Crippen LogP contribution < -0.4 is 20.5 Å². The van der Waals surface area contributed by atoms with E-state index in [0.29, 0.717) is 28.8 Å². The monoisotopic (exact) mass is 469 g/mol. The van der Waals surface area contributed by atoms with Gasteiger partial charge in [0.05, 0.1) is 18.3 Å². The Kier molecular flexibility index (Phi) is 4.54. The zero-order chi connectivity index (χ0) is 23.7. The molecule has 2 aliphatic heterocycles. The molecular weight excluding hydrogens is 442 g/mol. The molecule has 7 rings (SSSR count). The Balaban J connectivity index is 1.55. The summed E-state index contributed by atoms with van der Waals surface area (Å²) in [6.45, 7) is 1.77. The highest BCUT2D eigenvalue weighted by molar-refractivity contribution is 6.00. The average Bonchev–Trinajstić information content (AvgIpc) is 3.67. The largest absolute Gasteiger partial charge is 0.508 e. The maximum atomic E-state index is 14.3. The number of benzene rings is 2. The van der Waals surface area contributed by atoms with Gasteiger partial charge in [0.2, 0.25) is 0 Å². The standard InChI is InChI=1S/C27H27N5O3/c1-35-27-29-22-12-23(21-11-19(33)10-15-4-2-3-5-20(15)21)32(16-6-7-16)26(34)24(22)25(30-27)31-17-8-9-18(31)14-28-13-17/h2-5,10-12,16-18,28,33H,6-9,13-14H2,1H3. The number of aromatic hydroxyl groups is 1. The van der Waals surface area contributed by atoms with E-state index in [1.54, 1.807) is 19.2 Å². The predicted octanol–water partition coefficient (Wildman–Crippen LogP) is 3.60. The Hall–Kier alpha value is -3.65. The summed E-state index contributed by atoms with van der Waals surface area (Å²) in [5.41, 5.74) is 2.11. The first-order chi connectivity index (χ1) is 17.1. The van der Waals surface area contributed by atoms with E-state index in [2.05, 4.69) is 15.2 Å². The summed E-state index contributed by atoms with van der Waals surface area (Å²) in [6, 6.07) is 14.4. The number of methoxy groups -OCH3 is 1. The highest BCUT2D eigenvalue weighted by Gasteiger charge is 2.39. The smallest absolute Gasteiger partial charge is 0.318 e. The number of hydrogen-bond acceptors (Lipinski definition) is 7. The molecule has 2 saturated heterocycles. The van der Waals surface area contributed by atoms with Gasteiger partial charge in [0.15, 0.2) is 0 Å². The first kappa shape index (κ1) is 20.7. The molecular formula is C27H27N5O3. The molecule has 2 bridgehead atoms. The van der Waals surface area contributed by atoms with E-state index in [9.17, 15) is 9.90 Å². The molecule has 2 N–H and O–H groups in total. The van der Waals surface area contributed by atoms with E-state index in [4.69, 9.17) is 9.72 Å². The number of ether oxygens (including phenoxy) is 1. The second-order valence-corrected chi connectivity index (χ2v) is 9.90. The Morgan fingerprint density at radius 2 is 1.74 bits per heavy atom. The fourth-order valence-electron chi connectivity index (χ4n) is 6.00. The molecule has 8 heteroatoms. The molecule has 4 heterocycles. The average molecular weight is 470 g/mol. The molecule has 0 radical (unpaired) electrons. The molecule has 2 atom stereocenters. The number of hydrogen-bond donors (Lipinski definition) is 2. The van der Waals surface area contributed by atoms with Crippen molar-refractivity contribution in [1.82, 2.24) is 19.9 Å². The van der Waals surface area contributed by atoms with Gasteiger partial charge < -0.3 is 24.6 Å². The SMILES string of the molecule is COc1nc(N2C3CCC2CNC3)c2c(=O)n(C3CC3)c(-c3cc(O)cc4ccccc34)cc2n1. The lowest BCUT2D eigenvalue weighted by atomic mass is 10.00. The number of pyridine rings is 1. The second kappa shape index (κ2) is 7.68. The minimum absolute atomic E-state index is 0.0667. The van der Waals surface area contributed by atoms with Gasteiger partial charge in [-0.15, -0.1) is 0 Å². The van der Waals surface area contributed by atoms with Gasteiger partial charge in [-0.2, -0.15) is 9.97 Å². The second-order valence-electron chi connectivity index (χ2n) is 9.90. The van der Waals surface area contributed by atoms with Crippen LogP contribution in [-0.4, -0.2) is 51.9 Å². The summed E-state index contributed by atoms with van der Waals surface area (Å²) in [5, 5.41) is 16.5. The number of aromatic nitrogens is 3. The van der Waals surface area contributed by atoms with Crippen molar-refractivity contribution in [2.75, 3.05) is 25.1 Å². The summed E-state index contributed by atoms with van der Waals surface area (Å²) < 4.78 is 7.41. The maximum absolute atomic E-state index is 14.3. The van der Waals surface area contributed by atoms with Crippen molar-refractivity contribution in [3.05, 3.63) is 52.8 Å². The molecule has 4 aromatic rings. The van der Waals surface area contributed by atoms with E-state index >= 15 is 0 Å². The minimum atomic E-state index is -0.0667. The van der Waals surface area contributed by atoms with Gasteiger partial charge in [0, 0.05) is 36.8 Å². The zero-order valence-corrected chi connectivity index (χ0v) is 19.6. The van der Waals surface area contributed by atoms with Crippen LogP contribution in [0.2, 0.25) is 0 Å². The minimum Gasteiger partial charge on any atom is -0.508 e. The number of anilines is 1. The van der Waals surface area contributed by atoms with Crippen LogP contribution in [0.25, 0.3) is 32.9 Å². The van der Waals surface area contributed by atoms with Gasteiger partial charge in [0.1, 0.15) is 17.0 Å². The van der Waals surface area contributed by atoms with E-state index < -0.39 is 0 Å². The number of phenols is 1. The van der Waals surface area contributed by atoms with Crippen molar-refractivity contribution in [3.63, 3.8) is 0 Å². The lowest BCUT2D eigenvalue weighted by Crippen LogP contribution is -2.52. The highest BCUT2D eigenvalue weighted by Crippen LogP contribution is 2.42. The zero-order valence-electron chi connectivity index (χ0n) is 19.6. The van der Waals surface area contributed by atoms with Gasteiger partial charge in [-0.25, -0.2) is 0 Å². The van der Waals surface area contributed by atoms with Crippen molar-refractivity contribution < 1.29 is 9.84 Å². The number of rotatable bonds is 4. The molecule has 2 unspecified atom stereocenters. The molecule has 35 heavy (non-hydrogen) atoms. The maximum Gasteiger partial charge on any atom is 0.318 e. The van der Waals surface area contributed by atoms with Crippen LogP contribution in [0.15, 0.2) is 47.3 Å². The van der Waals surface area contributed by atoms with Crippen LogP contribution >= 0.6 is 0 Å². The third-order valence-corrected chi connectivity index (χ3v) is 7.70. The summed E-state index contributed by atoms with van der Waals surface area (Å²) in [6.07, 6.45) is 4.08. The molecule has 3 fully saturated rings. The fourth-order valence-corrected chi connectivity index (χ4v) is 6.00. The first-order valence-corrected chi connectivity index (χ1v) is 12.3. The molecule has 0 spiro atoms. The van der Waals surface area contributed by atoms with E-state index in [1.807, 2.05) is 34.9 Å². The molecule has 178 valence electrons. The molecule has 2 aromatic carbocycles. The molecule has 3 aliphatic rings. The number of nitrogens with zero attached hydrogens (tertiary/aromatic N) is 4. The highest BCUT2D eigenvalue weighted by atomic mass is 16.5. The predicted molar refractivity (Wildman–Crippen MR) is 135 cm³/mol. The third-order valence-electron chi connectivity index (χ3n) is 7.70. The van der Waals surface area contributed by atoms with E-state index in [1.165, 1.54) is 0 Å². The fraction of sp³-hybridized carbons (Fsp3) is 0.370. The van der Waals surface area contributed by atoms with Gasteiger partial charge in [-0.3, -0.25) is 4.79 Å². The summed E-state index contributed by atoms with van der Waals surface area (Å²) in [4.78, 5) is 26.0. The number of nitrogens with one attached hydrogen (secondary N) is 1. The van der Waals surface area contributed by atoms with Crippen LogP contribution in [0.1, 0.15) is 31.7 Å². The Bertz CT molecular complexity index is 1530. The van der Waals surface area contributed by atoms with Crippen LogP contribution in [0.4, 0.5) is 5.82 Å². The van der Waals surface area contributed by atoms with Gasteiger partial charge >= 0.3 is 6.01 Å². The third kappa shape index (κ3) is 3.20. The van der Waals surface area contributed by atoms with Crippen LogP contribution in [0, 0.1) is 0 Å². The Labute approximate surface area is 202 Å². The Morgan fingerprint density at radius 1 is 1.00 bits per heavy atom. The van der Waals surface area contributed by atoms with Crippen molar-refractivity contribution in [2.45, 2.75) is 43.8 Å². The molecule has 8 nitrogen and oxygen atoms in total. The molecule has 2 aromatic heterocycles. The van der Waals surface area contributed by atoms with Crippen molar-refractivity contribution in [3.8, 4) is 23.0 Å². The lowest BCUT2D eigenvalue weighted by molar-refractivity contribution is 0.380. The van der Waals surface area contributed by atoms with Crippen LogP contribution in [0.3, 0.4) is 0 Å². The number of phenolic OH excluding ortho intramolecular Hbond substituents is 1. The van der Waals surface area contributed by atoms with Crippen molar-refractivity contribution in [1.29, 1.82) is 0 Å². The summed E-state index contributed by atoms with van der Waals surface area (Å²) >= 11 is 0.